The molecule has 33 heavy (non-hydrogen) atoms. The smallest absolute Gasteiger partial charge is 0.369 e. The summed E-state index contributed by atoms with van der Waals surface area (Å²) >= 11 is 0.892. The number of amides is 1. The van der Waals surface area contributed by atoms with Gasteiger partial charge in [-0.15, -0.1) is 11.3 Å². The molecular weight excluding hydrogens is 463 g/mol. The Hall–Kier alpha value is -2.01. The Morgan fingerprint density at radius 1 is 1.24 bits per heavy atom. The Bertz CT molecular complexity index is 1100. The Morgan fingerprint density at radius 2 is 2.00 bits per heavy atom. The topological polar surface area (TPSA) is 48.5 Å². The van der Waals surface area contributed by atoms with E-state index in [1.165, 1.54) is 6.07 Å². The number of halogens is 5. The van der Waals surface area contributed by atoms with Gasteiger partial charge in [0.15, 0.2) is 0 Å². The molecule has 0 radical (unpaired) electrons. The third-order valence-electron chi connectivity index (χ3n) is 7.58. The number of anilines is 1. The zero-order valence-corrected chi connectivity index (χ0v) is 18.5. The van der Waals surface area contributed by atoms with E-state index in [4.69, 9.17) is 0 Å². The van der Waals surface area contributed by atoms with E-state index < -0.39 is 19.0 Å². The Labute approximate surface area is 190 Å². The molecule has 3 aliphatic heterocycles. The number of fused-ring (bicyclic) bond motifs is 3. The summed E-state index contributed by atoms with van der Waals surface area (Å²) in [7, 11) is 0. The normalized spacial score (nSPS) is 28.1. The van der Waals surface area contributed by atoms with Crippen molar-refractivity contribution in [2.45, 2.75) is 50.4 Å². The number of likely N-dealkylation sites (tertiary alicyclic amines) is 1. The zero-order valence-electron chi connectivity index (χ0n) is 17.7. The molecule has 6 rings (SSSR count). The molecule has 1 saturated carbocycles. The van der Waals surface area contributed by atoms with Crippen molar-refractivity contribution in [1.82, 2.24) is 15.2 Å². The van der Waals surface area contributed by atoms with Crippen LogP contribution in [0.5, 0.6) is 0 Å². The average molecular weight is 487 g/mol. The SMILES string of the molecule is O=C([C@H]1N[C@@H]2CC[C@H]1C2)N1CC2(C1)CN(c1c(C(F)F)cnc3sc(CC(F)(F)F)cc13)C2. The number of nitrogens with zero attached hydrogens (tertiary/aromatic N) is 3. The molecule has 3 saturated heterocycles. The predicted molar refractivity (Wildman–Crippen MR) is 114 cm³/mol. The molecule has 1 aliphatic carbocycles. The van der Waals surface area contributed by atoms with Crippen LogP contribution in [0, 0.1) is 11.3 Å². The summed E-state index contributed by atoms with van der Waals surface area (Å²) in [4.78, 5) is 21.0. The predicted octanol–water partition coefficient (Wildman–Crippen LogP) is 4.13. The third kappa shape index (κ3) is 3.58. The minimum absolute atomic E-state index is 0.0617. The van der Waals surface area contributed by atoms with E-state index in [1.54, 1.807) is 0 Å². The molecule has 4 fully saturated rings. The number of nitrogens with one attached hydrogen (secondary N) is 1. The highest BCUT2D eigenvalue weighted by Gasteiger charge is 2.56. The summed E-state index contributed by atoms with van der Waals surface area (Å²) in [6.45, 7) is 2.20. The van der Waals surface area contributed by atoms with Gasteiger partial charge in [-0.25, -0.2) is 13.8 Å². The number of piperidine rings is 1. The summed E-state index contributed by atoms with van der Waals surface area (Å²) in [6, 6.07) is 1.71. The largest absolute Gasteiger partial charge is 0.393 e. The summed E-state index contributed by atoms with van der Waals surface area (Å²) in [5, 5.41) is 3.78. The van der Waals surface area contributed by atoms with E-state index in [2.05, 4.69) is 10.3 Å². The number of alkyl halides is 5. The summed E-state index contributed by atoms with van der Waals surface area (Å²) in [6.07, 6.45) is -3.88. The van der Waals surface area contributed by atoms with Crippen molar-refractivity contribution < 1.29 is 26.7 Å². The highest BCUT2D eigenvalue weighted by Crippen LogP contribution is 2.48. The maximum Gasteiger partial charge on any atom is 0.393 e. The molecule has 4 aliphatic rings. The van der Waals surface area contributed by atoms with Crippen molar-refractivity contribution in [2.75, 3.05) is 31.1 Å². The van der Waals surface area contributed by atoms with E-state index in [-0.39, 0.29) is 33.5 Å². The number of pyridine rings is 1. The summed E-state index contributed by atoms with van der Waals surface area (Å²) in [5.74, 6) is 0.556. The lowest BCUT2D eigenvalue weighted by Gasteiger charge is -2.61. The van der Waals surface area contributed by atoms with Crippen LogP contribution in [0.25, 0.3) is 10.2 Å². The fourth-order valence-corrected chi connectivity index (χ4v) is 7.24. The maximum absolute atomic E-state index is 13.8. The van der Waals surface area contributed by atoms with Crippen LogP contribution < -0.4 is 10.2 Å². The van der Waals surface area contributed by atoms with Crippen LogP contribution >= 0.6 is 11.3 Å². The lowest BCUT2D eigenvalue weighted by molar-refractivity contribution is -0.148. The molecular formula is C22H23F5N4OS. The van der Waals surface area contributed by atoms with Gasteiger partial charge in [-0.2, -0.15) is 13.2 Å². The molecule has 5 nitrogen and oxygen atoms in total. The number of rotatable bonds is 4. The minimum atomic E-state index is -4.37. The van der Waals surface area contributed by atoms with E-state index in [0.717, 1.165) is 36.8 Å². The highest BCUT2D eigenvalue weighted by molar-refractivity contribution is 7.18. The first-order chi connectivity index (χ1) is 15.6. The maximum atomic E-state index is 13.8. The van der Waals surface area contributed by atoms with Gasteiger partial charge in [0, 0.05) is 54.1 Å². The molecule has 3 atom stereocenters. The van der Waals surface area contributed by atoms with Crippen LogP contribution in [0.3, 0.4) is 0 Å². The van der Waals surface area contributed by atoms with Crippen LogP contribution in [0.4, 0.5) is 27.6 Å². The number of thiophene rings is 1. The van der Waals surface area contributed by atoms with E-state index in [9.17, 15) is 26.7 Å². The van der Waals surface area contributed by atoms with Crippen molar-refractivity contribution in [3.63, 3.8) is 0 Å². The number of carbonyl (C=O) groups excluding carboxylic acids is 1. The lowest BCUT2D eigenvalue weighted by atomic mass is 9.72. The Balaban J connectivity index is 1.18. The number of hydrogen-bond donors (Lipinski definition) is 1. The fraction of sp³-hybridized carbons (Fsp3) is 0.636. The van der Waals surface area contributed by atoms with Gasteiger partial charge in [0.25, 0.3) is 6.43 Å². The van der Waals surface area contributed by atoms with Gasteiger partial charge < -0.3 is 15.1 Å². The quantitative estimate of drug-likeness (QED) is 0.661. The van der Waals surface area contributed by atoms with Gasteiger partial charge in [0.05, 0.1) is 23.7 Å². The molecule has 2 aromatic rings. The standard InChI is InChI=1S/C22H23F5N4OS/c23-18(24)15-6-28-19-14(4-13(33-19)5-22(25,26)27)17(15)30-7-21(8-30)9-31(10-21)20(32)16-11-1-2-12(3-11)29-16/h4,6,11-12,16,18,29H,1-3,5,7-10H2/t11-,12+,16-/m0/s1. The van der Waals surface area contributed by atoms with Crippen molar-refractivity contribution in [3.05, 3.63) is 22.7 Å². The van der Waals surface area contributed by atoms with E-state index >= 15 is 0 Å². The van der Waals surface area contributed by atoms with Crippen LogP contribution in [0.1, 0.15) is 36.1 Å². The second-order valence-electron chi connectivity index (χ2n) is 10.1. The van der Waals surface area contributed by atoms with Gasteiger partial charge in [-0.05, 0) is 31.2 Å². The molecule has 1 spiro atoms. The Kier molecular flexibility index (Phi) is 4.72. The fourth-order valence-electron chi connectivity index (χ4n) is 6.21. The lowest BCUT2D eigenvalue weighted by Crippen LogP contribution is -2.74. The first kappa shape index (κ1) is 21.5. The third-order valence-corrected chi connectivity index (χ3v) is 8.62. The second-order valence-corrected chi connectivity index (χ2v) is 11.2. The molecule has 2 bridgehead atoms. The first-order valence-electron chi connectivity index (χ1n) is 11.2. The van der Waals surface area contributed by atoms with Gasteiger partial charge in [-0.3, -0.25) is 4.79 Å². The van der Waals surface area contributed by atoms with Crippen molar-refractivity contribution in [1.29, 1.82) is 0 Å². The van der Waals surface area contributed by atoms with Crippen LogP contribution in [0.15, 0.2) is 12.3 Å². The molecule has 5 heterocycles. The first-order valence-corrected chi connectivity index (χ1v) is 12.0. The molecule has 11 heteroatoms. The van der Waals surface area contributed by atoms with Gasteiger partial charge in [0.1, 0.15) is 4.83 Å². The minimum Gasteiger partial charge on any atom is -0.369 e. The molecule has 0 unspecified atom stereocenters. The highest BCUT2D eigenvalue weighted by atomic mass is 32.1. The van der Waals surface area contributed by atoms with Crippen molar-refractivity contribution in [3.8, 4) is 0 Å². The summed E-state index contributed by atoms with van der Waals surface area (Å²) < 4.78 is 66.1. The van der Waals surface area contributed by atoms with Gasteiger partial charge in [0.2, 0.25) is 5.91 Å². The number of aromatic nitrogens is 1. The van der Waals surface area contributed by atoms with Crippen LogP contribution in [-0.4, -0.2) is 60.2 Å². The van der Waals surface area contributed by atoms with E-state index in [0.29, 0.717) is 48.4 Å². The zero-order chi connectivity index (χ0) is 23.1. The monoisotopic (exact) mass is 486 g/mol. The van der Waals surface area contributed by atoms with E-state index in [1.807, 2.05) is 9.80 Å². The van der Waals surface area contributed by atoms with Crippen LogP contribution in [-0.2, 0) is 11.2 Å². The van der Waals surface area contributed by atoms with Gasteiger partial charge >= 0.3 is 6.18 Å². The van der Waals surface area contributed by atoms with Crippen molar-refractivity contribution >= 4 is 33.1 Å². The molecule has 2 aromatic heterocycles. The summed E-state index contributed by atoms with van der Waals surface area (Å²) in [5.41, 5.74) is -0.107. The number of hydrogen-bond acceptors (Lipinski definition) is 5. The van der Waals surface area contributed by atoms with Crippen molar-refractivity contribution in [2.24, 2.45) is 11.3 Å². The molecule has 1 amide bonds. The average Bonchev–Trinajstić information content (AvgIpc) is 3.38. The second kappa shape index (κ2) is 7.24. The Morgan fingerprint density at radius 3 is 2.61 bits per heavy atom. The van der Waals surface area contributed by atoms with Gasteiger partial charge in [-0.1, -0.05) is 0 Å². The van der Waals surface area contributed by atoms with Crippen LogP contribution in [0.2, 0.25) is 0 Å². The number of carbonyl (C=O) groups is 1. The molecule has 178 valence electrons. The molecule has 1 N–H and O–H groups in total. The molecule has 0 aromatic carbocycles.